The van der Waals surface area contributed by atoms with E-state index in [4.69, 9.17) is 5.11 Å². The number of nitrogens with one attached hydrogen (secondary N) is 2. The van der Waals surface area contributed by atoms with Gasteiger partial charge in [0.15, 0.2) is 5.69 Å². The first kappa shape index (κ1) is 14.0. The van der Waals surface area contributed by atoms with Crippen LogP contribution in [-0.2, 0) is 0 Å². The van der Waals surface area contributed by atoms with Crippen LogP contribution in [0.5, 0.6) is 0 Å². The number of carbonyl (C=O) groups is 1. The minimum Gasteiger partial charge on any atom is -0.394 e. The molecule has 1 aliphatic heterocycles. The van der Waals surface area contributed by atoms with Crippen LogP contribution >= 0.6 is 0 Å². The lowest BCUT2D eigenvalue weighted by atomic mass is 10.1. The maximum absolute atomic E-state index is 11.9. The largest absolute Gasteiger partial charge is 0.394 e. The third kappa shape index (κ3) is 3.51. The van der Waals surface area contributed by atoms with Crippen molar-refractivity contribution in [3.8, 4) is 0 Å². The molecule has 1 atom stereocenters. The summed E-state index contributed by atoms with van der Waals surface area (Å²) in [6, 6.07) is 0.0895. The van der Waals surface area contributed by atoms with Crippen molar-refractivity contribution < 1.29 is 9.90 Å². The Morgan fingerprint density at radius 3 is 3.00 bits per heavy atom. The monoisotopic (exact) mass is 267 g/mol. The first-order valence-corrected chi connectivity index (χ1v) is 6.78. The Bertz CT molecular complexity index is 410. The Kier molecular flexibility index (Phi) is 4.86. The molecule has 1 amide bonds. The quantitative estimate of drug-likeness (QED) is 0.681. The molecule has 0 aromatic carbocycles. The highest BCUT2D eigenvalue weighted by Gasteiger charge is 2.19. The standard InChI is InChI=1S/C12H21N5O2/c1-2-9(8-18)14-12(19)11-7-17(16-15-11)10-3-5-13-6-4-10/h7,9-10,13,18H,2-6,8H2,1H3,(H,14,19). The number of nitrogens with zero attached hydrogens (tertiary/aromatic N) is 3. The number of amides is 1. The Morgan fingerprint density at radius 1 is 1.63 bits per heavy atom. The lowest BCUT2D eigenvalue weighted by Crippen LogP contribution is -2.37. The topological polar surface area (TPSA) is 92.1 Å². The fourth-order valence-electron chi connectivity index (χ4n) is 2.17. The van der Waals surface area contributed by atoms with E-state index in [2.05, 4.69) is 20.9 Å². The van der Waals surface area contributed by atoms with Crippen molar-refractivity contribution in [2.24, 2.45) is 0 Å². The molecular formula is C12H21N5O2. The SMILES string of the molecule is CCC(CO)NC(=O)c1cn(C2CCNCC2)nn1. The molecule has 7 heteroatoms. The molecule has 7 nitrogen and oxygen atoms in total. The molecule has 19 heavy (non-hydrogen) atoms. The van der Waals surface area contributed by atoms with Crippen LogP contribution in [-0.4, -0.2) is 51.7 Å². The molecule has 1 fully saturated rings. The van der Waals surface area contributed by atoms with Crippen LogP contribution in [0.4, 0.5) is 0 Å². The molecule has 1 saturated heterocycles. The van der Waals surface area contributed by atoms with Gasteiger partial charge in [-0.1, -0.05) is 12.1 Å². The molecule has 0 radical (unpaired) electrons. The van der Waals surface area contributed by atoms with E-state index in [9.17, 15) is 4.79 Å². The van der Waals surface area contributed by atoms with Crippen molar-refractivity contribution in [2.45, 2.75) is 38.3 Å². The van der Waals surface area contributed by atoms with Gasteiger partial charge in [-0.05, 0) is 32.4 Å². The number of piperidine rings is 1. The second kappa shape index (κ2) is 6.63. The van der Waals surface area contributed by atoms with Gasteiger partial charge in [-0.3, -0.25) is 4.79 Å². The summed E-state index contributed by atoms with van der Waals surface area (Å²) in [5.74, 6) is -0.277. The summed E-state index contributed by atoms with van der Waals surface area (Å²) >= 11 is 0. The average Bonchev–Trinajstić information content (AvgIpc) is 2.95. The van der Waals surface area contributed by atoms with Crippen molar-refractivity contribution in [1.29, 1.82) is 0 Å². The highest BCUT2D eigenvalue weighted by Crippen LogP contribution is 2.16. The summed E-state index contributed by atoms with van der Waals surface area (Å²) in [4.78, 5) is 11.9. The van der Waals surface area contributed by atoms with Crippen LogP contribution in [0.2, 0.25) is 0 Å². The zero-order valence-electron chi connectivity index (χ0n) is 11.2. The molecule has 0 bridgehead atoms. The zero-order valence-corrected chi connectivity index (χ0v) is 11.2. The second-order valence-electron chi connectivity index (χ2n) is 4.83. The lowest BCUT2D eigenvalue weighted by Gasteiger charge is -2.22. The van der Waals surface area contributed by atoms with Crippen molar-refractivity contribution in [1.82, 2.24) is 25.6 Å². The fraction of sp³-hybridized carbons (Fsp3) is 0.750. The first-order valence-electron chi connectivity index (χ1n) is 6.78. The summed E-state index contributed by atoms with van der Waals surface area (Å²) in [5, 5.41) is 23.0. The molecule has 0 spiro atoms. The third-order valence-corrected chi connectivity index (χ3v) is 3.47. The van der Waals surface area contributed by atoms with Crippen molar-refractivity contribution in [3.05, 3.63) is 11.9 Å². The first-order chi connectivity index (χ1) is 9.24. The number of aromatic nitrogens is 3. The van der Waals surface area contributed by atoms with Gasteiger partial charge in [0.05, 0.1) is 24.9 Å². The van der Waals surface area contributed by atoms with E-state index in [0.29, 0.717) is 18.2 Å². The maximum atomic E-state index is 11.9. The Labute approximate surface area is 112 Å². The highest BCUT2D eigenvalue weighted by molar-refractivity contribution is 5.92. The maximum Gasteiger partial charge on any atom is 0.273 e. The van der Waals surface area contributed by atoms with Gasteiger partial charge in [0.1, 0.15) is 0 Å². The van der Waals surface area contributed by atoms with Gasteiger partial charge in [0.2, 0.25) is 0 Å². The number of aliphatic hydroxyl groups excluding tert-OH is 1. The van der Waals surface area contributed by atoms with Gasteiger partial charge < -0.3 is 15.7 Å². The van der Waals surface area contributed by atoms with E-state index in [1.165, 1.54) is 0 Å². The summed E-state index contributed by atoms with van der Waals surface area (Å²) < 4.78 is 1.77. The molecule has 2 rings (SSSR count). The Morgan fingerprint density at radius 2 is 2.37 bits per heavy atom. The molecule has 2 heterocycles. The van der Waals surface area contributed by atoms with Crippen LogP contribution in [0.25, 0.3) is 0 Å². The number of carbonyl (C=O) groups excluding carboxylic acids is 1. The molecule has 1 aromatic rings. The molecule has 0 aliphatic carbocycles. The van der Waals surface area contributed by atoms with E-state index in [1.54, 1.807) is 10.9 Å². The van der Waals surface area contributed by atoms with Crippen LogP contribution < -0.4 is 10.6 Å². The summed E-state index contributed by atoms with van der Waals surface area (Å²) in [6.07, 6.45) is 4.37. The van der Waals surface area contributed by atoms with E-state index in [0.717, 1.165) is 25.9 Å². The van der Waals surface area contributed by atoms with Crippen molar-refractivity contribution in [2.75, 3.05) is 19.7 Å². The van der Waals surface area contributed by atoms with E-state index in [1.807, 2.05) is 6.92 Å². The third-order valence-electron chi connectivity index (χ3n) is 3.47. The normalized spacial score (nSPS) is 18.2. The van der Waals surface area contributed by atoms with Crippen LogP contribution in [0.1, 0.15) is 42.7 Å². The van der Waals surface area contributed by atoms with Gasteiger partial charge in [0, 0.05) is 0 Å². The second-order valence-corrected chi connectivity index (χ2v) is 4.83. The van der Waals surface area contributed by atoms with Gasteiger partial charge in [0.25, 0.3) is 5.91 Å². The van der Waals surface area contributed by atoms with Crippen LogP contribution in [0, 0.1) is 0 Å². The predicted octanol–water partition coefficient (Wildman–Crippen LogP) is -0.297. The van der Waals surface area contributed by atoms with E-state index < -0.39 is 0 Å². The van der Waals surface area contributed by atoms with Gasteiger partial charge in [-0.15, -0.1) is 5.10 Å². The fourth-order valence-corrected chi connectivity index (χ4v) is 2.17. The van der Waals surface area contributed by atoms with Crippen LogP contribution in [0.3, 0.4) is 0 Å². The number of rotatable bonds is 5. The van der Waals surface area contributed by atoms with E-state index >= 15 is 0 Å². The molecule has 1 aromatic heterocycles. The minimum atomic E-state index is -0.277. The van der Waals surface area contributed by atoms with Gasteiger partial charge >= 0.3 is 0 Å². The molecule has 0 saturated carbocycles. The summed E-state index contributed by atoms with van der Waals surface area (Å²) in [6.45, 7) is 3.78. The van der Waals surface area contributed by atoms with E-state index in [-0.39, 0.29) is 18.6 Å². The van der Waals surface area contributed by atoms with Gasteiger partial charge in [-0.2, -0.15) is 0 Å². The number of hydrogen-bond acceptors (Lipinski definition) is 5. The summed E-state index contributed by atoms with van der Waals surface area (Å²) in [5.41, 5.74) is 0.311. The molecule has 1 aliphatic rings. The molecule has 106 valence electrons. The minimum absolute atomic E-state index is 0.0648. The number of aliphatic hydroxyl groups is 1. The lowest BCUT2D eigenvalue weighted by molar-refractivity contribution is 0.0909. The van der Waals surface area contributed by atoms with Crippen molar-refractivity contribution in [3.63, 3.8) is 0 Å². The number of hydrogen-bond donors (Lipinski definition) is 3. The average molecular weight is 267 g/mol. The molecule has 1 unspecified atom stereocenters. The molecular weight excluding hydrogens is 246 g/mol. The Hall–Kier alpha value is -1.47. The smallest absolute Gasteiger partial charge is 0.273 e. The zero-order chi connectivity index (χ0) is 13.7. The van der Waals surface area contributed by atoms with Crippen LogP contribution in [0.15, 0.2) is 6.20 Å². The Balaban J connectivity index is 1.97. The summed E-state index contributed by atoms with van der Waals surface area (Å²) in [7, 11) is 0. The molecule has 3 N–H and O–H groups in total. The van der Waals surface area contributed by atoms with Crippen molar-refractivity contribution >= 4 is 5.91 Å². The predicted molar refractivity (Wildman–Crippen MR) is 69.8 cm³/mol. The van der Waals surface area contributed by atoms with Gasteiger partial charge in [-0.25, -0.2) is 4.68 Å². The highest BCUT2D eigenvalue weighted by atomic mass is 16.3.